The lowest BCUT2D eigenvalue weighted by Gasteiger charge is -2.17. The molecule has 0 bridgehead atoms. The highest BCUT2D eigenvalue weighted by molar-refractivity contribution is 9.10. The summed E-state index contributed by atoms with van der Waals surface area (Å²) >= 11 is 3.57. The Labute approximate surface area is 86.3 Å². The van der Waals surface area contributed by atoms with E-state index >= 15 is 0 Å². The van der Waals surface area contributed by atoms with E-state index in [0.717, 1.165) is 6.42 Å². The summed E-state index contributed by atoms with van der Waals surface area (Å²) < 4.78 is 1.19. The van der Waals surface area contributed by atoms with E-state index in [2.05, 4.69) is 35.0 Å². The molecule has 0 aromatic heterocycles. The Morgan fingerprint density at radius 1 is 1.31 bits per heavy atom. The first-order valence-electron chi connectivity index (χ1n) is 4.47. The van der Waals surface area contributed by atoms with E-state index in [1.54, 1.807) is 0 Å². The zero-order valence-electron chi connectivity index (χ0n) is 7.56. The second kappa shape index (κ2) is 3.26. The van der Waals surface area contributed by atoms with Gasteiger partial charge in [-0.1, -0.05) is 28.1 Å². The molecule has 1 nitrogen and oxygen atoms in total. The molecule has 0 amide bonds. The molecule has 0 N–H and O–H groups in total. The first-order chi connectivity index (χ1) is 6.18. The summed E-state index contributed by atoms with van der Waals surface area (Å²) in [6.45, 7) is 2.08. The van der Waals surface area contributed by atoms with Gasteiger partial charge in [-0.05, 0) is 30.0 Å². The number of rotatable bonds is 0. The van der Waals surface area contributed by atoms with Crippen LogP contribution in [0.15, 0.2) is 16.6 Å². The van der Waals surface area contributed by atoms with E-state index in [1.807, 2.05) is 0 Å². The molecule has 0 saturated carbocycles. The van der Waals surface area contributed by atoms with Gasteiger partial charge in [0, 0.05) is 17.3 Å². The highest BCUT2D eigenvalue weighted by Gasteiger charge is 2.17. The predicted molar refractivity (Wildman–Crippen MR) is 55.9 cm³/mol. The van der Waals surface area contributed by atoms with Crippen molar-refractivity contribution in [3.8, 4) is 0 Å². The number of halogens is 1. The van der Waals surface area contributed by atoms with Gasteiger partial charge in [-0.25, -0.2) is 0 Å². The van der Waals surface area contributed by atoms with E-state index in [4.69, 9.17) is 0 Å². The maximum Gasteiger partial charge on any atom is 0.137 e. The molecule has 0 heterocycles. The molecule has 0 fully saturated rings. The number of benzene rings is 1. The number of carbonyl (C=O) groups is 1. The molecule has 2 heteroatoms. The van der Waals surface area contributed by atoms with Crippen LogP contribution in [-0.2, 0) is 17.6 Å². The van der Waals surface area contributed by atoms with Crippen LogP contribution in [0.2, 0.25) is 0 Å². The number of hydrogen-bond donors (Lipinski definition) is 0. The minimum Gasteiger partial charge on any atom is -0.299 e. The number of hydrogen-bond acceptors (Lipinski definition) is 1. The minimum absolute atomic E-state index is 0.364. The Hall–Kier alpha value is -0.630. The van der Waals surface area contributed by atoms with Crippen molar-refractivity contribution in [1.29, 1.82) is 0 Å². The van der Waals surface area contributed by atoms with Gasteiger partial charge in [0.05, 0.1) is 0 Å². The largest absolute Gasteiger partial charge is 0.299 e. The maximum atomic E-state index is 11.2. The lowest BCUT2D eigenvalue weighted by Crippen LogP contribution is -2.13. The van der Waals surface area contributed by atoms with Crippen LogP contribution < -0.4 is 0 Å². The second-order valence-corrected chi connectivity index (χ2v) is 4.34. The molecule has 0 radical (unpaired) electrons. The first kappa shape index (κ1) is 8.95. The van der Waals surface area contributed by atoms with Crippen molar-refractivity contribution in [2.75, 3.05) is 0 Å². The van der Waals surface area contributed by atoms with Crippen molar-refractivity contribution >= 4 is 21.7 Å². The van der Waals surface area contributed by atoms with Crippen LogP contribution in [0.3, 0.4) is 0 Å². The monoisotopic (exact) mass is 238 g/mol. The average molecular weight is 239 g/mol. The van der Waals surface area contributed by atoms with Crippen LogP contribution in [-0.4, -0.2) is 5.78 Å². The van der Waals surface area contributed by atoms with E-state index in [9.17, 15) is 4.79 Å². The zero-order chi connectivity index (χ0) is 9.42. The van der Waals surface area contributed by atoms with Crippen molar-refractivity contribution in [2.45, 2.75) is 26.2 Å². The fourth-order valence-electron chi connectivity index (χ4n) is 1.78. The normalized spacial score (nSPS) is 15.7. The molecule has 13 heavy (non-hydrogen) atoms. The molecule has 0 spiro atoms. The Bertz CT molecular complexity index is 369. The number of Topliss-reactive ketones (excluding diaryl/α,β-unsaturated/α-hetero) is 1. The van der Waals surface area contributed by atoms with Crippen LogP contribution in [0.5, 0.6) is 0 Å². The smallest absolute Gasteiger partial charge is 0.137 e. The summed E-state index contributed by atoms with van der Waals surface area (Å²) in [4.78, 5) is 11.2. The molecule has 1 aromatic rings. The molecule has 2 rings (SSSR count). The van der Waals surface area contributed by atoms with E-state index in [-0.39, 0.29) is 0 Å². The number of carbonyl (C=O) groups excluding carboxylic acids is 1. The summed E-state index contributed by atoms with van der Waals surface area (Å²) in [5, 5.41) is 0. The van der Waals surface area contributed by atoms with Crippen LogP contribution >= 0.6 is 15.9 Å². The van der Waals surface area contributed by atoms with Crippen LogP contribution in [0, 0.1) is 6.92 Å². The molecule has 1 aliphatic rings. The van der Waals surface area contributed by atoms with Crippen molar-refractivity contribution in [1.82, 2.24) is 0 Å². The molecule has 0 saturated heterocycles. The predicted octanol–water partition coefficient (Wildman–Crippen LogP) is 2.82. The Balaban J connectivity index is 2.53. The molecule has 0 atom stereocenters. The first-order valence-corrected chi connectivity index (χ1v) is 5.26. The fourth-order valence-corrected chi connectivity index (χ4v) is 2.36. The summed E-state index contributed by atoms with van der Waals surface area (Å²) in [6, 6.07) is 4.15. The maximum absolute atomic E-state index is 11.2. The summed E-state index contributed by atoms with van der Waals surface area (Å²) in [6.07, 6.45) is 2.22. The van der Waals surface area contributed by atoms with Crippen molar-refractivity contribution < 1.29 is 4.79 Å². The lowest BCUT2D eigenvalue weighted by atomic mass is 9.90. The topological polar surface area (TPSA) is 17.1 Å². The highest BCUT2D eigenvalue weighted by atomic mass is 79.9. The van der Waals surface area contributed by atoms with Crippen molar-refractivity contribution in [3.05, 3.63) is 33.3 Å². The summed E-state index contributed by atoms with van der Waals surface area (Å²) in [5.74, 6) is 0.364. The molecule has 68 valence electrons. The van der Waals surface area contributed by atoms with Gasteiger partial charge < -0.3 is 0 Å². The number of ketones is 1. The van der Waals surface area contributed by atoms with Gasteiger partial charge in [-0.2, -0.15) is 0 Å². The fraction of sp³-hybridized carbons (Fsp3) is 0.364. The van der Waals surface area contributed by atoms with Crippen LogP contribution in [0.4, 0.5) is 0 Å². The quantitative estimate of drug-likeness (QED) is 0.680. The van der Waals surface area contributed by atoms with Crippen LogP contribution in [0.25, 0.3) is 0 Å². The van der Waals surface area contributed by atoms with Gasteiger partial charge in [0.25, 0.3) is 0 Å². The summed E-state index contributed by atoms with van der Waals surface area (Å²) in [7, 11) is 0. The van der Waals surface area contributed by atoms with Gasteiger partial charge in [0.15, 0.2) is 0 Å². The molecular formula is C11H11BrO. The standard InChI is InChI=1S/C11H11BrO/c1-7-2-3-8-6-9(13)4-5-10(8)11(7)12/h2-3H,4-6H2,1H3. The third-order valence-electron chi connectivity index (χ3n) is 2.57. The van der Waals surface area contributed by atoms with Gasteiger partial charge in [0.1, 0.15) is 5.78 Å². The Morgan fingerprint density at radius 3 is 2.85 bits per heavy atom. The lowest BCUT2D eigenvalue weighted by molar-refractivity contribution is -0.118. The molecule has 0 unspecified atom stereocenters. The van der Waals surface area contributed by atoms with Crippen molar-refractivity contribution in [2.24, 2.45) is 0 Å². The highest BCUT2D eigenvalue weighted by Crippen LogP contribution is 2.29. The van der Waals surface area contributed by atoms with Gasteiger partial charge in [-0.3, -0.25) is 4.79 Å². The molecule has 1 aliphatic carbocycles. The number of fused-ring (bicyclic) bond motifs is 1. The van der Waals surface area contributed by atoms with E-state index in [0.29, 0.717) is 18.6 Å². The molecular weight excluding hydrogens is 228 g/mol. The summed E-state index contributed by atoms with van der Waals surface area (Å²) in [5.41, 5.74) is 3.79. The Kier molecular flexibility index (Phi) is 2.24. The van der Waals surface area contributed by atoms with E-state index < -0.39 is 0 Å². The third-order valence-corrected chi connectivity index (χ3v) is 3.68. The van der Waals surface area contributed by atoms with Gasteiger partial charge in [0.2, 0.25) is 0 Å². The van der Waals surface area contributed by atoms with Crippen LogP contribution in [0.1, 0.15) is 23.1 Å². The number of aryl methyl sites for hydroxylation is 1. The van der Waals surface area contributed by atoms with Crippen molar-refractivity contribution in [3.63, 3.8) is 0 Å². The van der Waals surface area contributed by atoms with Gasteiger partial charge in [-0.15, -0.1) is 0 Å². The minimum atomic E-state index is 0.364. The Morgan fingerprint density at radius 2 is 2.08 bits per heavy atom. The average Bonchev–Trinajstić information content (AvgIpc) is 2.12. The molecule has 1 aromatic carbocycles. The third kappa shape index (κ3) is 1.55. The second-order valence-electron chi connectivity index (χ2n) is 3.55. The van der Waals surface area contributed by atoms with Gasteiger partial charge >= 0.3 is 0 Å². The van der Waals surface area contributed by atoms with E-state index in [1.165, 1.54) is 21.2 Å². The SMILES string of the molecule is Cc1ccc2c(c1Br)CCC(=O)C2. The molecule has 0 aliphatic heterocycles. The zero-order valence-corrected chi connectivity index (χ0v) is 9.15.